The molecule has 0 bridgehead atoms. The lowest BCUT2D eigenvalue weighted by Gasteiger charge is -2.23. The van der Waals surface area contributed by atoms with E-state index in [0.717, 1.165) is 40.7 Å². The Morgan fingerprint density at radius 1 is 0.974 bits per heavy atom. The topological polar surface area (TPSA) is 144 Å². The fraction of sp³-hybridized carbons (Fsp3) is 0.269. The first-order valence-electron chi connectivity index (χ1n) is 11.6. The van der Waals surface area contributed by atoms with Crippen molar-refractivity contribution in [3.05, 3.63) is 65.9 Å². The largest absolute Gasteiger partial charge is 0.416 e. The molecular weight excluding hydrogens is 503 g/mol. The minimum Gasteiger partial charge on any atom is -0.361 e. The van der Waals surface area contributed by atoms with Crippen LogP contribution >= 0.6 is 0 Å². The number of halogens is 3. The molecule has 2 atom stereocenters. The third-order valence-corrected chi connectivity index (χ3v) is 5.75. The van der Waals surface area contributed by atoms with Crippen LogP contribution in [0.3, 0.4) is 0 Å². The van der Waals surface area contributed by atoms with E-state index in [9.17, 15) is 32.3 Å². The van der Waals surface area contributed by atoms with Gasteiger partial charge in [0.05, 0.1) is 11.8 Å². The van der Waals surface area contributed by atoms with Gasteiger partial charge in [0.1, 0.15) is 12.1 Å². The van der Waals surface area contributed by atoms with E-state index in [0.29, 0.717) is 6.21 Å². The molecular formula is C26H26F3N5O4. The fourth-order valence-corrected chi connectivity index (χ4v) is 3.85. The van der Waals surface area contributed by atoms with Gasteiger partial charge in [-0.05, 0) is 42.3 Å². The van der Waals surface area contributed by atoms with Crippen LogP contribution in [0, 0.1) is 5.41 Å². The summed E-state index contributed by atoms with van der Waals surface area (Å²) >= 11 is 0. The molecule has 3 aromatic rings. The standard InChI is InChI=1S/C26H26F3N5O4/c1-15(35)32-23(12-16-14-31-21-5-3-2-4-20(16)21)25(38)34-22(11-10-19(36)13-30)24(37)33-18-8-6-17(7-9-18)26(27,28)29/h2-9,13-14,22-23,30-31H,10-12H2,1H3,(H,32,35)(H,33,37)(H,34,38)/t22?,23-/m0/s1. The van der Waals surface area contributed by atoms with Crippen LogP contribution in [0.2, 0.25) is 0 Å². The molecule has 5 N–H and O–H groups in total. The van der Waals surface area contributed by atoms with Crippen molar-refractivity contribution in [2.24, 2.45) is 0 Å². The molecule has 0 fully saturated rings. The number of hydrogen-bond donors (Lipinski definition) is 5. The first kappa shape index (κ1) is 28.1. The molecule has 200 valence electrons. The molecule has 2 aromatic carbocycles. The van der Waals surface area contributed by atoms with Crippen molar-refractivity contribution >= 4 is 46.3 Å². The minimum absolute atomic E-state index is 0.0535. The van der Waals surface area contributed by atoms with Crippen molar-refractivity contribution in [1.29, 1.82) is 5.41 Å². The Morgan fingerprint density at radius 2 is 1.66 bits per heavy atom. The maximum Gasteiger partial charge on any atom is 0.416 e. The van der Waals surface area contributed by atoms with Crippen molar-refractivity contribution in [3.8, 4) is 0 Å². The number of amides is 3. The summed E-state index contributed by atoms with van der Waals surface area (Å²) in [5.41, 5.74) is 0.743. The summed E-state index contributed by atoms with van der Waals surface area (Å²) in [7, 11) is 0. The molecule has 12 heteroatoms. The van der Waals surface area contributed by atoms with Crippen LogP contribution in [0.25, 0.3) is 10.9 Å². The lowest BCUT2D eigenvalue weighted by atomic mass is 10.0. The van der Waals surface area contributed by atoms with Crippen molar-refractivity contribution in [2.45, 2.75) is 44.4 Å². The second kappa shape index (κ2) is 12.2. The quantitative estimate of drug-likeness (QED) is 0.243. The van der Waals surface area contributed by atoms with Gasteiger partial charge < -0.3 is 26.3 Å². The highest BCUT2D eigenvalue weighted by Crippen LogP contribution is 2.29. The van der Waals surface area contributed by atoms with Crippen molar-refractivity contribution in [1.82, 2.24) is 15.6 Å². The molecule has 3 rings (SSSR count). The van der Waals surface area contributed by atoms with Crippen molar-refractivity contribution in [3.63, 3.8) is 0 Å². The van der Waals surface area contributed by atoms with Gasteiger partial charge in [-0.1, -0.05) is 18.2 Å². The SMILES string of the molecule is CC(=O)N[C@@H](Cc1c[nH]c2ccccc12)C(=O)NC(CCC(=O)C=N)C(=O)Nc1ccc(C(F)(F)F)cc1. The summed E-state index contributed by atoms with van der Waals surface area (Å²) in [6.07, 6.45) is -2.56. The highest BCUT2D eigenvalue weighted by molar-refractivity contribution is 6.26. The third kappa shape index (κ3) is 7.51. The number of para-hydroxylation sites is 1. The van der Waals surface area contributed by atoms with Gasteiger partial charge in [0.25, 0.3) is 0 Å². The molecule has 1 aromatic heterocycles. The molecule has 1 unspecified atom stereocenters. The van der Waals surface area contributed by atoms with Crippen LogP contribution in [0.4, 0.5) is 18.9 Å². The monoisotopic (exact) mass is 529 g/mol. The number of ketones is 1. The molecule has 0 aliphatic heterocycles. The van der Waals surface area contributed by atoms with E-state index >= 15 is 0 Å². The highest BCUT2D eigenvalue weighted by Gasteiger charge is 2.31. The number of carbonyl (C=O) groups is 4. The third-order valence-electron chi connectivity index (χ3n) is 5.75. The van der Waals surface area contributed by atoms with E-state index in [1.165, 1.54) is 6.92 Å². The summed E-state index contributed by atoms with van der Waals surface area (Å²) < 4.78 is 38.5. The second-order valence-electron chi connectivity index (χ2n) is 8.59. The number of fused-ring (bicyclic) bond motifs is 1. The summed E-state index contributed by atoms with van der Waals surface area (Å²) in [6, 6.07) is 8.79. The van der Waals surface area contributed by atoms with E-state index in [1.54, 1.807) is 6.20 Å². The van der Waals surface area contributed by atoms with Gasteiger partial charge in [0.15, 0.2) is 5.78 Å². The van der Waals surface area contributed by atoms with Crippen LogP contribution in [0.15, 0.2) is 54.7 Å². The van der Waals surface area contributed by atoms with Crippen LogP contribution in [-0.4, -0.2) is 46.8 Å². The molecule has 0 saturated heterocycles. The number of anilines is 1. The van der Waals surface area contributed by atoms with E-state index < -0.39 is 47.3 Å². The molecule has 0 aliphatic carbocycles. The van der Waals surface area contributed by atoms with Crippen LogP contribution < -0.4 is 16.0 Å². The lowest BCUT2D eigenvalue weighted by Crippen LogP contribution is -2.53. The second-order valence-corrected chi connectivity index (χ2v) is 8.59. The number of aromatic amines is 1. The zero-order valence-electron chi connectivity index (χ0n) is 20.3. The van der Waals surface area contributed by atoms with E-state index in [1.807, 2.05) is 24.3 Å². The molecule has 3 amide bonds. The summed E-state index contributed by atoms with van der Waals surface area (Å²) in [4.78, 5) is 52.8. The van der Waals surface area contributed by atoms with Crippen molar-refractivity contribution in [2.75, 3.05) is 5.32 Å². The first-order chi connectivity index (χ1) is 18.0. The number of alkyl halides is 3. The maximum absolute atomic E-state index is 13.2. The number of hydrogen-bond acceptors (Lipinski definition) is 5. The van der Waals surface area contributed by atoms with Gasteiger partial charge in [0.2, 0.25) is 17.7 Å². The van der Waals surface area contributed by atoms with Gasteiger partial charge >= 0.3 is 6.18 Å². The average molecular weight is 530 g/mol. The fourth-order valence-electron chi connectivity index (χ4n) is 3.85. The Hall–Kier alpha value is -4.48. The predicted octanol–water partition coefficient (Wildman–Crippen LogP) is 3.36. The van der Waals surface area contributed by atoms with Gasteiger partial charge in [-0.15, -0.1) is 0 Å². The Labute approximate surface area is 215 Å². The first-order valence-corrected chi connectivity index (χ1v) is 11.6. The zero-order chi connectivity index (χ0) is 27.9. The Bertz CT molecular complexity index is 1330. The molecule has 38 heavy (non-hydrogen) atoms. The predicted molar refractivity (Wildman–Crippen MR) is 135 cm³/mol. The van der Waals surface area contributed by atoms with E-state index in [-0.39, 0.29) is 24.9 Å². The van der Waals surface area contributed by atoms with E-state index in [2.05, 4.69) is 20.9 Å². The Kier molecular flexibility index (Phi) is 9.00. The Morgan fingerprint density at radius 3 is 2.29 bits per heavy atom. The van der Waals surface area contributed by atoms with Crippen LogP contribution in [0.1, 0.15) is 30.9 Å². The molecule has 1 heterocycles. The zero-order valence-corrected chi connectivity index (χ0v) is 20.3. The number of Topliss-reactive ketones (excluding diaryl/α,β-unsaturated/α-hetero) is 1. The lowest BCUT2D eigenvalue weighted by molar-refractivity contribution is -0.137. The molecule has 0 saturated carbocycles. The number of benzene rings is 2. The molecule has 0 radical (unpaired) electrons. The highest BCUT2D eigenvalue weighted by atomic mass is 19.4. The Balaban J connectivity index is 1.78. The molecule has 0 aliphatic rings. The van der Waals surface area contributed by atoms with Gasteiger partial charge in [-0.2, -0.15) is 13.2 Å². The number of aromatic nitrogens is 1. The number of H-pyrrole nitrogens is 1. The normalized spacial score (nSPS) is 12.8. The van der Waals surface area contributed by atoms with Gasteiger partial charge in [0, 0.05) is 42.6 Å². The van der Waals surface area contributed by atoms with E-state index in [4.69, 9.17) is 5.41 Å². The molecule has 0 spiro atoms. The van der Waals surface area contributed by atoms with Gasteiger partial charge in [-0.25, -0.2) is 0 Å². The molecule has 9 nitrogen and oxygen atoms in total. The maximum atomic E-state index is 13.2. The summed E-state index contributed by atoms with van der Waals surface area (Å²) in [6.45, 7) is 1.24. The summed E-state index contributed by atoms with van der Waals surface area (Å²) in [5, 5.41) is 15.5. The van der Waals surface area contributed by atoms with Gasteiger partial charge in [-0.3, -0.25) is 19.2 Å². The van der Waals surface area contributed by atoms with Crippen molar-refractivity contribution < 1.29 is 32.3 Å². The average Bonchev–Trinajstić information content (AvgIpc) is 3.28. The van der Waals surface area contributed by atoms with Crippen LogP contribution in [0.5, 0.6) is 0 Å². The minimum atomic E-state index is -4.55. The van der Waals surface area contributed by atoms with Crippen LogP contribution in [-0.2, 0) is 31.8 Å². The smallest absolute Gasteiger partial charge is 0.361 e. The number of nitrogens with one attached hydrogen (secondary N) is 5. The number of rotatable bonds is 11. The summed E-state index contributed by atoms with van der Waals surface area (Å²) in [5.74, 6) is -2.52. The number of carbonyl (C=O) groups excluding carboxylic acids is 4.